The zero-order chi connectivity index (χ0) is 9.90. The average molecular weight is 184 g/mol. The van der Waals surface area contributed by atoms with E-state index in [9.17, 15) is 0 Å². The van der Waals surface area contributed by atoms with E-state index in [-0.39, 0.29) is 5.54 Å². The fourth-order valence-electron chi connectivity index (χ4n) is 1.70. The van der Waals surface area contributed by atoms with Gasteiger partial charge in [0, 0.05) is 5.54 Å². The summed E-state index contributed by atoms with van der Waals surface area (Å²) in [7, 11) is 2.17. The molecule has 0 aromatic rings. The summed E-state index contributed by atoms with van der Waals surface area (Å²) in [4.78, 5) is 2.36. The van der Waals surface area contributed by atoms with E-state index in [1.165, 1.54) is 38.8 Å². The van der Waals surface area contributed by atoms with Gasteiger partial charge < -0.3 is 10.6 Å². The van der Waals surface area contributed by atoms with Crippen molar-refractivity contribution >= 4 is 0 Å². The van der Waals surface area contributed by atoms with Gasteiger partial charge in [0.25, 0.3) is 0 Å². The Morgan fingerprint density at radius 3 is 1.69 bits per heavy atom. The molecule has 78 valence electrons. The number of rotatable bonds is 1. The SMILES string of the molecule is CC(C)(N)C1CC1.CN1CCCC1. The van der Waals surface area contributed by atoms with Crippen LogP contribution >= 0.6 is 0 Å². The highest BCUT2D eigenvalue weighted by Crippen LogP contribution is 2.37. The summed E-state index contributed by atoms with van der Waals surface area (Å²) >= 11 is 0. The van der Waals surface area contributed by atoms with E-state index >= 15 is 0 Å². The van der Waals surface area contributed by atoms with Crippen molar-refractivity contribution in [2.45, 2.75) is 45.1 Å². The molecule has 1 heterocycles. The average Bonchev–Trinajstić information content (AvgIpc) is 2.76. The molecule has 0 aromatic carbocycles. The van der Waals surface area contributed by atoms with Crippen LogP contribution in [0.15, 0.2) is 0 Å². The van der Waals surface area contributed by atoms with E-state index in [2.05, 4.69) is 25.8 Å². The molecule has 2 nitrogen and oxygen atoms in total. The van der Waals surface area contributed by atoms with Crippen LogP contribution in [-0.2, 0) is 0 Å². The van der Waals surface area contributed by atoms with Crippen molar-refractivity contribution in [3.05, 3.63) is 0 Å². The van der Waals surface area contributed by atoms with Crippen LogP contribution in [0.5, 0.6) is 0 Å². The Hall–Kier alpha value is -0.0800. The lowest BCUT2D eigenvalue weighted by Crippen LogP contribution is -2.34. The van der Waals surface area contributed by atoms with Crippen molar-refractivity contribution in [2.24, 2.45) is 11.7 Å². The van der Waals surface area contributed by atoms with Gasteiger partial charge in [0.2, 0.25) is 0 Å². The van der Waals surface area contributed by atoms with Gasteiger partial charge in [-0.25, -0.2) is 0 Å². The molecule has 2 heteroatoms. The minimum atomic E-state index is 0.111. The molecule has 0 radical (unpaired) electrons. The van der Waals surface area contributed by atoms with E-state index in [0.717, 1.165) is 5.92 Å². The molecule has 0 spiro atoms. The first kappa shape index (κ1) is 11.0. The first-order chi connectivity index (χ1) is 6.00. The molecular formula is C11H24N2. The van der Waals surface area contributed by atoms with Crippen LogP contribution in [-0.4, -0.2) is 30.6 Å². The molecule has 2 fully saturated rings. The van der Waals surface area contributed by atoms with Crippen LogP contribution in [0, 0.1) is 5.92 Å². The summed E-state index contributed by atoms with van der Waals surface area (Å²) in [6.45, 7) is 6.84. The van der Waals surface area contributed by atoms with E-state index < -0.39 is 0 Å². The standard InChI is InChI=1S/C6H13N.C5H11N/c1-6(2,7)5-3-4-5;1-6-4-2-3-5-6/h5H,3-4,7H2,1-2H3;2-5H2,1H3. The topological polar surface area (TPSA) is 29.3 Å². The normalized spacial score (nSPS) is 24.0. The van der Waals surface area contributed by atoms with E-state index in [4.69, 9.17) is 5.73 Å². The summed E-state index contributed by atoms with van der Waals surface area (Å²) in [5, 5.41) is 0. The van der Waals surface area contributed by atoms with Crippen molar-refractivity contribution in [3.63, 3.8) is 0 Å². The Morgan fingerprint density at radius 2 is 1.62 bits per heavy atom. The van der Waals surface area contributed by atoms with Gasteiger partial charge in [-0.15, -0.1) is 0 Å². The molecule has 2 N–H and O–H groups in total. The minimum absolute atomic E-state index is 0.111. The highest BCUT2D eigenvalue weighted by Gasteiger charge is 2.33. The van der Waals surface area contributed by atoms with Gasteiger partial charge in [0.1, 0.15) is 0 Å². The molecule has 1 aliphatic heterocycles. The predicted octanol–water partition coefficient (Wildman–Crippen LogP) is 1.85. The molecule has 1 saturated carbocycles. The Kier molecular flexibility index (Phi) is 3.74. The number of hydrogen-bond donors (Lipinski definition) is 1. The third-order valence-corrected chi connectivity index (χ3v) is 2.96. The largest absolute Gasteiger partial charge is 0.325 e. The van der Waals surface area contributed by atoms with Gasteiger partial charge in [-0.1, -0.05) is 0 Å². The van der Waals surface area contributed by atoms with Crippen molar-refractivity contribution in [3.8, 4) is 0 Å². The van der Waals surface area contributed by atoms with Crippen molar-refractivity contribution in [1.29, 1.82) is 0 Å². The molecule has 0 bridgehead atoms. The number of hydrogen-bond acceptors (Lipinski definition) is 2. The number of nitrogens with zero attached hydrogens (tertiary/aromatic N) is 1. The fraction of sp³-hybridized carbons (Fsp3) is 1.00. The Labute approximate surface area is 82.5 Å². The monoisotopic (exact) mass is 184 g/mol. The van der Waals surface area contributed by atoms with Crippen molar-refractivity contribution in [2.75, 3.05) is 20.1 Å². The van der Waals surface area contributed by atoms with E-state index in [1.807, 2.05) is 0 Å². The second-order valence-electron chi connectivity index (χ2n) is 5.11. The summed E-state index contributed by atoms with van der Waals surface area (Å²) in [6, 6.07) is 0. The van der Waals surface area contributed by atoms with Gasteiger partial charge in [0.15, 0.2) is 0 Å². The van der Waals surface area contributed by atoms with Crippen LogP contribution in [0.3, 0.4) is 0 Å². The summed E-state index contributed by atoms with van der Waals surface area (Å²) in [5.74, 6) is 0.826. The van der Waals surface area contributed by atoms with Gasteiger partial charge in [-0.2, -0.15) is 0 Å². The van der Waals surface area contributed by atoms with Crippen LogP contribution < -0.4 is 5.73 Å². The summed E-state index contributed by atoms with van der Waals surface area (Å²) < 4.78 is 0. The molecule has 0 atom stereocenters. The molecule has 1 aliphatic carbocycles. The van der Waals surface area contributed by atoms with Crippen LogP contribution in [0.4, 0.5) is 0 Å². The van der Waals surface area contributed by atoms with Crippen LogP contribution in [0.1, 0.15) is 39.5 Å². The van der Waals surface area contributed by atoms with Crippen LogP contribution in [0.2, 0.25) is 0 Å². The number of likely N-dealkylation sites (tertiary alicyclic amines) is 1. The minimum Gasteiger partial charge on any atom is -0.325 e. The third kappa shape index (κ3) is 4.63. The number of nitrogens with two attached hydrogens (primary N) is 1. The second kappa shape index (κ2) is 4.43. The molecule has 1 saturated heterocycles. The quantitative estimate of drug-likeness (QED) is 0.674. The summed E-state index contributed by atoms with van der Waals surface area (Å²) in [6.07, 6.45) is 5.53. The molecule has 2 aliphatic rings. The molecule has 2 rings (SSSR count). The summed E-state index contributed by atoms with van der Waals surface area (Å²) in [5.41, 5.74) is 5.85. The van der Waals surface area contributed by atoms with Gasteiger partial charge in [-0.05, 0) is 65.6 Å². The molecule has 0 unspecified atom stereocenters. The molecule has 0 amide bonds. The zero-order valence-electron chi connectivity index (χ0n) is 9.34. The van der Waals surface area contributed by atoms with Crippen molar-refractivity contribution in [1.82, 2.24) is 4.90 Å². The smallest absolute Gasteiger partial charge is 0.0125 e. The van der Waals surface area contributed by atoms with E-state index in [1.54, 1.807) is 0 Å². The van der Waals surface area contributed by atoms with Gasteiger partial charge >= 0.3 is 0 Å². The Morgan fingerprint density at radius 1 is 1.15 bits per heavy atom. The maximum atomic E-state index is 5.74. The second-order valence-corrected chi connectivity index (χ2v) is 5.11. The first-order valence-electron chi connectivity index (χ1n) is 5.47. The highest BCUT2D eigenvalue weighted by atomic mass is 15.1. The third-order valence-electron chi connectivity index (χ3n) is 2.96. The first-order valence-corrected chi connectivity index (χ1v) is 5.47. The zero-order valence-corrected chi connectivity index (χ0v) is 9.34. The lowest BCUT2D eigenvalue weighted by Gasteiger charge is -2.15. The predicted molar refractivity (Wildman–Crippen MR) is 57.7 cm³/mol. The van der Waals surface area contributed by atoms with Gasteiger partial charge in [0.05, 0.1) is 0 Å². The Balaban J connectivity index is 0.000000132. The fourth-order valence-corrected chi connectivity index (χ4v) is 1.70. The van der Waals surface area contributed by atoms with Gasteiger partial charge in [-0.3, -0.25) is 0 Å². The maximum Gasteiger partial charge on any atom is 0.0125 e. The van der Waals surface area contributed by atoms with Crippen LogP contribution in [0.25, 0.3) is 0 Å². The molecular weight excluding hydrogens is 160 g/mol. The lowest BCUT2D eigenvalue weighted by molar-refractivity contribution is 0.418. The van der Waals surface area contributed by atoms with Crippen molar-refractivity contribution < 1.29 is 0 Å². The molecule has 0 aromatic heterocycles. The Bertz CT molecular complexity index is 139. The lowest BCUT2D eigenvalue weighted by atomic mass is 10.0. The molecule has 13 heavy (non-hydrogen) atoms. The maximum absolute atomic E-state index is 5.74. The van der Waals surface area contributed by atoms with E-state index in [0.29, 0.717) is 0 Å². The highest BCUT2D eigenvalue weighted by molar-refractivity contribution is 4.91.